The van der Waals surface area contributed by atoms with Gasteiger partial charge in [-0.25, -0.2) is 0 Å². The number of hydrogen-bond donors (Lipinski definition) is 0. The molecule has 0 spiro atoms. The molecular weight excluding hydrogens is 454 g/mol. The van der Waals surface area contributed by atoms with Crippen molar-refractivity contribution < 1.29 is 9.53 Å². The molecule has 2 fully saturated rings. The number of hydrogen-bond acceptors (Lipinski definition) is 5. The molecule has 0 saturated carbocycles. The summed E-state index contributed by atoms with van der Waals surface area (Å²) in [6.45, 7) is 6.68. The third kappa shape index (κ3) is 4.15. The number of piperidine rings is 1. The molecule has 1 unspecified atom stereocenters. The fourth-order valence-electron chi connectivity index (χ4n) is 6.54. The van der Waals surface area contributed by atoms with Crippen LogP contribution in [0.4, 0.5) is 11.4 Å². The van der Waals surface area contributed by atoms with Gasteiger partial charge in [0, 0.05) is 48.6 Å². The number of carbonyl (C=O) groups excluding carboxylic acids is 1. The van der Waals surface area contributed by atoms with Crippen LogP contribution in [0.3, 0.4) is 0 Å². The van der Waals surface area contributed by atoms with Crippen molar-refractivity contribution in [2.45, 2.75) is 69.3 Å². The molecule has 0 radical (unpaired) electrons. The van der Waals surface area contributed by atoms with E-state index in [1.54, 1.807) is 0 Å². The molecular formula is C29H35N3O2S. The number of rotatable bonds is 6. The maximum absolute atomic E-state index is 13.0. The predicted molar refractivity (Wildman–Crippen MR) is 144 cm³/mol. The molecule has 2 aromatic carbocycles. The lowest BCUT2D eigenvalue weighted by molar-refractivity contribution is 0.0772. The Balaban J connectivity index is 1.30. The number of thioether (sulfide) groups is 1. The maximum atomic E-state index is 13.0. The third-order valence-electron chi connectivity index (χ3n) is 8.27. The Bertz CT molecular complexity index is 1110. The molecule has 2 bridgehead atoms. The predicted octanol–water partition coefficient (Wildman–Crippen LogP) is 6.43. The summed E-state index contributed by atoms with van der Waals surface area (Å²) in [7, 11) is 0. The summed E-state index contributed by atoms with van der Waals surface area (Å²) in [4.78, 5) is 20.2. The van der Waals surface area contributed by atoms with Crippen molar-refractivity contribution in [3.05, 3.63) is 59.5 Å². The van der Waals surface area contributed by atoms with Crippen LogP contribution in [0.5, 0.6) is 11.5 Å². The summed E-state index contributed by atoms with van der Waals surface area (Å²) in [6, 6.07) is 16.2. The lowest BCUT2D eigenvalue weighted by atomic mass is 9.93. The largest absolute Gasteiger partial charge is 0.453 e. The summed E-state index contributed by atoms with van der Waals surface area (Å²) in [6.07, 6.45) is 8.50. The van der Waals surface area contributed by atoms with E-state index in [4.69, 9.17) is 4.74 Å². The lowest BCUT2D eigenvalue weighted by Crippen LogP contribution is -2.51. The van der Waals surface area contributed by atoms with Gasteiger partial charge in [0.05, 0.1) is 11.4 Å². The summed E-state index contributed by atoms with van der Waals surface area (Å²) >= 11 is 2.01. The molecule has 35 heavy (non-hydrogen) atoms. The zero-order valence-electron chi connectivity index (χ0n) is 20.7. The van der Waals surface area contributed by atoms with Gasteiger partial charge in [0.1, 0.15) is 0 Å². The van der Waals surface area contributed by atoms with Gasteiger partial charge in [-0.2, -0.15) is 0 Å². The van der Waals surface area contributed by atoms with E-state index >= 15 is 0 Å². The molecule has 6 rings (SSSR count). The number of anilines is 2. The van der Waals surface area contributed by atoms with Crippen LogP contribution in [-0.4, -0.2) is 58.7 Å². The minimum absolute atomic E-state index is 0.0671. The van der Waals surface area contributed by atoms with E-state index in [0.717, 1.165) is 28.1 Å². The van der Waals surface area contributed by atoms with E-state index < -0.39 is 0 Å². The summed E-state index contributed by atoms with van der Waals surface area (Å²) in [5.74, 6) is 1.75. The fourth-order valence-corrected chi connectivity index (χ4v) is 7.47. The topological polar surface area (TPSA) is 36.0 Å². The molecule has 4 aliphatic heterocycles. The van der Waals surface area contributed by atoms with Crippen molar-refractivity contribution in [1.82, 2.24) is 9.80 Å². The molecule has 0 aromatic heterocycles. The van der Waals surface area contributed by atoms with Crippen LogP contribution in [0.15, 0.2) is 53.9 Å². The molecule has 0 N–H and O–H groups in total. The number of amides is 1. The Hall–Kier alpha value is -2.44. The maximum Gasteiger partial charge on any atom is 0.253 e. The van der Waals surface area contributed by atoms with Crippen LogP contribution >= 0.6 is 11.8 Å². The van der Waals surface area contributed by atoms with E-state index in [2.05, 4.69) is 45.5 Å². The Kier molecular flexibility index (Phi) is 6.27. The highest BCUT2D eigenvalue weighted by molar-refractivity contribution is 8.03. The molecule has 1 amide bonds. The Morgan fingerprint density at radius 1 is 1.00 bits per heavy atom. The molecule has 4 heterocycles. The van der Waals surface area contributed by atoms with Gasteiger partial charge in [0.15, 0.2) is 11.5 Å². The van der Waals surface area contributed by atoms with Crippen LogP contribution in [0.1, 0.15) is 56.3 Å². The minimum atomic E-state index is 0.0671. The van der Waals surface area contributed by atoms with Crippen LogP contribution < -0.4 is 9.64 Å². The van der Waals surface area contributed by atoms with Crippen LogP contribution in [-0.2, 0) is 0 Å². The van der Waals surface area contributed by atoms with Crippen molar-refractivity contribution in [1.29, 1.82) is 0 Å². The zero-order chi connectivity index (χ0) is 23.9. The number of nitrogens with zero attached hydrogens (tertiary/aromatic N) is 3. The van der Waals surface area contributed by atoms with Gasteiger partial charge >= 0.3 is 0 Å². The Morgan fingerprint density at radius 3 is 2.46 bits per heavy atom. The number of ether oxygens (including phenoxy) is 1. The Morgan fingerprint density at radius 2 is 1.74 bits per heavy atom. The van der Waals surface area contributed by atoms with E-state index in [9.17, 15) is 4.79 Å². The highest BCUT2D eigenvalue weighted by atomic mass is 32.2. The molecule has 2 aromatic rings. The van der Waals surface area contributed by atoms with E-state index in [-0.39, 0.29) is 5.91 Å². The number of para-hydroxylation sites is 2. The molecule has 184 valence electrons. The normalized spacial score (nSPS) is 26.9. The Labute approximate surface area is 213 Å². The highest BCUT2D eigenvalue weighted by Crippen LogP contribution is 2.51. The second kappa shape index (κ2) is 9.55. The van der Waals surface area contributed by atoms with Gasteiger partial charge in [-0.3, -0.25) is 9.69 Å². The van der Waals surface area contributed by atoms with Crippen LogP contribution in [0.25, 0.3) is 0 Å². The van der Waals surface area contributed by atoms with Gasteiger partial charge < -0.3 is 14.5 Å². The van der Waals surface area contributed by atoms with Crippen molar-refractivity contribution in [2.75, 3.05) is 24.5 Å². The second-order valence-electron chi connectivity index (χ2n) is 10.2. The number of fused-ring (bicyclic) bond motifs is 4. The first-order chi connectivity index (χ1) is 17.2. The van der Waals surface area contributed by atoms with Crippen molar-refractivity contribution >= 4 is 29.0 Å². The summed E-state index contributed by atoms with van der Waals surface area (Å²) < 4.78 is 6.38. The zero-order valence-corrected chi connectivity index (χ0v) is 21.5. The van der Waals surface area contributed by atoms with Gasteiger partial charge in [-0.05, 0) is 81.7 Å². The number of allylic oxidation sites excluding steroid dienone is 1. The minimum Gasteiger partial charge on any atom is -0.453 e. The molecule has 6 heteroatoms. The molecule has 4 atom stereocenters. The first-order valence-corrected chi connectivity index (χ1v) is 14.2. The van der Waals surface area contributed by atoms with Crippen LogP contribution in [0, 0.1) is 0 Å². The van der Waals surface area contributed by atoms with Crippen molar-refractivity contribution in [3.63, 3.8) is 0 Å². The fraction of sp³-hybridized carbons (Fsp3) is 0.483. The molecule has 5 nitrogen and oxygen atoms in total. The average Bonchev–Trinajstić information content (AvgIpc) is 3.47. The second-order valence-corrected chi connectivity index (χ2v) is 11.4. The molecule has 2 saturated heterocycles. The van der Waals surface area contributed by atoms with Gasteiger partial charge in [0.2, 0.25) is 0 Å². The quantitative estimate of drug-likeness (QED) is 0.467. The SMILES string of the molecule is CCN(CC)C(=O)c1ccc2c(c1)Oc1ccccc1N2[C@H]1C[C@H]2CC[C@@H](C1)N2CC1CC=CS1. The lowest BCUT2D eigenvalue weighted by Gasteiger charge is -2.46. The van der Waals surface area contributed by atoms with E-state index in [1.165, 1.54) is 38.6 Å². The van der Waals surface area contributed by atoms with Crippen LogP contribution in [0.2, 0.25) is 0 Å². The molecule has 4 aliphatic rings. The molecule has 0 aliphatic carbocycles. The first-order valence-electron chi connectivity index (χ1n) is 13.2. The number of carbonyl (C=O) groups is 1. The van der Waals surface area contributed by atoms with Crippen molar-refractivity contribution in [3.8, 4) is 11.5 Å². The van der Waals surface area contributed by atoms with E-state index in [0.29, 0.717) is 36.8 Å². The monoisotopic (exact) mass is 489 g/mol. The van der Waals surface area contributed by atoms with Gasteiger partial charge in [-0.15, -0.1) is 11.8 Å². The van der Waals surface area contributed by atoms with E-state index in [1.807, 2.05) is 48.7 Å². The average molecular weight is 490 g/mol. The number of benzene rings is 2. The smallest absolute Gasteiger partial charge is 0.253 e. The van der Waals surface area contributed by atoms with Crippen molar-refractivity contribution in [2.24, 2.45) is 0 Å². The summed E-state index contributed by atoms with van der Waals surface area (Å²) in [5, 5.41) is 3.00. The highest BCUT2D eigenvalue weighted by Gasteiger charge is 2.44. The third-order valence-corrected chi connectivity index (χ3v) is 9.34. The van der Waals surface area contributed by atoms with Gasteiger partial charge in [0.25, 0.3) is 5.91 Å². The first kappa shape index (κ1) is 23.0. The van der Waals surface area contributed by atoms with Gasteiger partial charge in [-0.1, -0.05) is 18.2 Å². The summed E-state index contributed by atoms with van der Waals surface area (Å²) in [5.41, 5.74) is 2.94. The standard InChI is InChI=1S/C29H35N3O2S/c1-3-30(4-2)29(33)20-11-14-26-28(16-20)34-27-10-6-5-9-25(27)32(26)23-17-21-12-13-22(18-23)31(21)19-24-8-7-15-35-24/h5-7,9-11,14-16,21-24H,3-4,8,12-13,17-19H2,1-2H3/t21-,22+,23+,24?.